The number of amides is 2. The van der Waals surface area contributed by atoms with Crippen LogP contribution in [-0.2, 0) is 22.6 Å². The van der Waals surface area contributed by atoms with E-state index in [2.05, 4.69) is 11.4 Å². The average molecular weight is 381 g/mol. The summed E-state index contributed by atoms with van der Waals surface area (Å²) < 4.78 is 0. The Hall–Kier alpha value is -2.62. The number of nitrogens with one attached hydrogen (secondary N) is 1. The summed E-state index contributed by atoms with van der Waals surface area (Å²) in [6, 6.07) is 17.4. The summed E-state index contributed by atoms with van der Waals surface area (Å²) in [5, 5.41) is 3.04. The highest BCUT2D eigenvalue weighted by atomic mass is 16.2. The van der Waals surface area contributed by atoms with Crippen molar-refractivity contribution >= 4 is 11.8 Å². The molecule has 0 aliphatic heterocycles. The zero-order valence-corrected chi connectivity index (χ0v) is 17.4. The van der Waals surface area contributed by atoms with E-state index in [1.165, 1.54) is 0 Å². The van der Waals surface area contributed by atoms with Crippen LogP contribution in [0, 0.1) is 6.92 Å². The van der Waals surface area contributed by atoms with E-state index < -0.39 is 6.04 Å². The second-order valence-electron chi connectivity index (χ2n) is 7.41. The van der Waals surface area contributed by atoms with Crippen molar-refractivity contribution in [3.8, 4) is 0 Å². The minimum atomic E-state index is -0.481. The Morgan fingerprint density at radius 3 is 2.25 bits per heavy atom. The molecule has 0 spiro atoms. The van der Waals surface area contributed by atoms with Gasteiger partial charge in [0.15, 0.2) is 0 Å². The highest BCUT2D eigenvalue weighted by molar-refractivity contribution is 5.88. The van der Waals surface area contributed by atoms with E-state index >= 15 is 0 Å². The molecule has 0 fully saturated rings. The normalized spacial score (nSPS) is 12.9. The molecule has 0 aromatic heterocycles. The zero-order chi connectivity index (χ0) is 20.5. The summed E-state index contributed by atoms with van der Waals surface area (Å²) in [6.07, 6.45) is 1.73. The van der Waals surface area contributed by atoms with Gasteiger partial charge in [0.2, 0.25) is 11.8 Å². The van der Waals surface area contributed by atoms with Crippen LogP contribution < -0.4 is 5.32 Å². The fourth-order valence-electron chi connectivity index (χ4n) is 3.24. The molecule has 0 aliphatic rings. The maximum atomic E-state index is 13.2. The summed E-state index contributed by atoms with van der Waals surface area (Å²) in [5.74, 6) is -0.107. The van der Waals surface area contributed by atoms with Crippen molar-refractivity contribution < 1.29 is 9.59 Å². The van der Waals surface area contributed by atoms with Gasteiger partial charge in [-0.05, 0) is 37.8 Å². The Balaban J connectivity index is 2.27. The lowest BCUT2D eigenvalue weighted by molar-refractivity contribution is -0.141. The van der Waals surface area contributed by atoms with Crippen LogP contribution in [0.2, 0.25) is 0 Å². The SMILES string of the molecule is CC[C@H](C(=O)N[C@@H](C)CC)N(Cc1cccc(C)c1)C(=O)Cc1ccccc1. The first-order valence-electron chi connectivity index (χ1n) is 10.1. The second kappa shape index (κ2) is 10.6. The summed E-state index contributed by atoms with van der Waals surface area (Å²) >= 11 is 0. The van der Waals surface area contributed by atoms with Gasteiger partial charge in [-0.2, -0.15) is 0 Å². The predicted octanol–water partition coefficient (Wildman–Crippen LogP) is 4.26. The van der Waals surface area contributed by atoms with Crippen LogP contribution in [0.3, 0.4) is 0 Å². The van der Waals surface area contributed by atoms with E-state index in [0.29, 0.717) is 19.4 Å². The number of hydrogen-bond donors (Lipinski definition) is 1. The van der Waals surface area contributed by atoms with Crippen molar-refractivity contribution in [2.45, 2.75) is 65.6 Å². The maximum absolute atomic E-state index is 13.2. The largest absolute Gasteiger partial charge is 0.352 e. The molecule has 2 rings (SSSR count). The maximum Gasteiger partial charge on any atom is 0.243 e. The van der Waals surface area contributed by atoms with E-state index in [1.54, 1.807) is 4.90 Å². The third-order valence-electron chi connectivity index (χ3n) is 5.02. The quantitative estimate of drug-likeness (QED) is 0.707. The van der Waals surface area contributed by atoms with Gasteiger partial charge in [-0.15, -0.1) is 0 Å². The Morgan fingerprint density at radius 1 is 0.964 bits per heavy atom. The summed E-state index contributed by atoms with van der Waals surface area (Å²) in [7, 11) is 0. The lowest BCUT2D eigenvalue weighted by atomic mass is 10.1. The number of carbonyl (C=O) groups excluding carboxylic acids is 2. The van der Waals surface area contributed by atoms with Crippen LogP contribution in [0.4, 0.5) is 0 Å². The van der Waals surface area contributed by atoms with Crippen molar-refractivity contribution in [3.63, 3.8) is 0 Å². The molecular weight excluding hydrogens is 348 g/mol. The van der Waals surface area contributed by atoms with Crippen molar-refractivity contribution in [2.75, 3.05) is 0 Å². The highest BCUT2D eigenvalue weighted by Crippen LogP contribution is 2.16. The molecular formula is C24H32N2O2. The van der Waals surface area contributed by atoms with Gasteiger partial charge in [0, 0.05) is 12.6 Å². The van der Waals surface area contributed by atoms with Crippen molar-refractivity contribution in [2.24, 2.45) is 0 Å². The molecule has 2 amide bonds. The summed E-state index contributed by atoms with van der Waals surface area (Å²) in [4.78, 5) is 27.8. The van der Waals surface area contributed by atoms with E-state index in [1.807, 2.05) is 76.2 Å². The van der Waals surface area contributed by atoms with Crippen molar-refractivity contribution in [3.05, 3.63) is 71.3 Å². The fraction of sp³-hybridized carbons (Fsp3) is 0.417. The second-order valence-corrected chi connectivity index (χ2v) is 7.41. The summed E-state index contributed by atoms with van der Waals surface area (Å²) in [5.41, 5.74) is 3.14. The fourth-order valence-corrected chi connectivity index (χ4v) is 3.24. The van der Waals surface area contributed by atoms with Gasteiger partial charge in [-0.25, -0.2) is 0 Å². The number of benzene rings is 2. The molecule has 2 aromatic rings. The number of carbonyl (C=O) groups is 2. The van der Waals surface area contributed by atoms with E-state index in [0.717, 1.165) is 23.1 Å². The van der Waals surface area contributed by atoms with Crippen LogP contribution in [-0.4, -0.2) is 28.8 Å². The van der Waals surface area contributed by atoms with Crippen LogP contribution in [0.25, 0.3) is 0 Å². The molecule has 2 atom stereocenters. The van der Waals surface area contributed by atoms with Gasteiger partial charge in [-0.3, -0.25) is 9.59 Å². The van der Waals surface area contributed by atoms with Crippen LogP contribution in [0.5, 0.6) is 0 Å². The van der Waals surface area contributed by atoms with E-state index in [4.69, 9.17) is 0 Å². The molecule has 1 N–H and O–H groups in total. The minimum Gasteiger partial charge on any atom is -0.352 e. The van der Waals surface area contributed by atoms with Crippen LogP contribution >= 0.6 is 0 Å². The standard InChI is InChI=1S/C24H32N2O2/c1-5-19(4)25-24(28)22(6-2)26(17-21-14-10-11-18(3)15-21)23(27)16-20-12-8-7-9-13-20/h7-15,19,22H,5-6,16-17H2,1-4H3,(H,25,28)/t19-,22+/m0/s1. The van der Waals surface area contributed by atoms with Gasteiger partial charge in [0.25, 0.3) is 0 Å². The van der Waals surface area contributed by atoms with Gasteiger partial charge in [0.05, 0.1) is 6.42 Å². The predicted molar refractivity (Wildman–Crippen MR) is 114 cm³/mol. The third-order valence-corrected chi connectivity index (χ3v) is 5.02. The Kier molecular flexibility index (Phi) is 8.24. The smallest absolute Gasteiger partial charge is 0.243 e. The molecule has 0 unspecified atom stereocenters. The average Bonchev–Trinajstić information content (AvgIpc) is 2.68. The molecule has 28 heavy (non-hydrogen) atoms. The first-order valence-corrected chi connectivity index (χ1v) is 10.1. The van der Waals surface area contributed by atoms with Gasteiger partial charge in [0.1, 0.15) is 6.04 Å². The number of rotatable bonds is 9. The monoisotopic (exact) mass is 380 g/mol. The lowest BCUT2D eigenvalue weighted by Gasteiger charge is -2.31. The molecule has 0 aliphatic carbocycles. The molecule has 0 bridgehead atoms. The van der Waals surface area contributed by atoms with Gasteiger partial charge in [-0.1, -0.05) is 74.0 Å². The molecule has 2 aromatic carbocycles. The molecule has 4 heteroatoms. The first-order chi connectivity index (χ1) is 13.4. The Morgan fingerprint density at radius 2 is 1.64 bits per heavy atom. The first kappa shape index (κ1) is 21.7. The van der Waals surface area contributed by atoms with Crippen LogP contribution in [0.15, 0.2) is 54.6 Å². The number of nitrogens with zero attached hydrogens (tertiary/aromatic N) is 1. The zero-order valence-electron chi connectivity index (χ0n) is 17.4. The molecule has 0 heterocycles. The Labute approximate surface area is 169 Å². The highest BCUT2D eigenvalue weighted by Gasteiger charge is 2.29. The Bertz CT molecular complexity index is 773. The van der Waals surface area contributed by atoms with Gasteiger partial charge >= 0.3 is 0 Å². The molecule has 0 radical (unpaired) electrons. The number of hydrogen-bond acceptors (Lipinski definition) is 2. The van der Waals surface area contributed by atoms with E-state index in [9.17, 15) is 9.59 Å². The van der Waals surface area contributed by atoms with Crippen LogP contribution in [0.1, 0.15) is 50.3 Å². The molecule has 0 saturated heterocycles. The molecule has 4 nitrogen and oxygen atoms in total. The number of aryl methyl sites for hydroxylation is 1. The lowest BCUT2D eigenvalue weighted by Crippen LogP contribution is -2.51. The minimum absolute atomic E-state index is 0.0288. The molecule has 0 saturated carbocycles. The molecule has 150 valence electrons. The van der Waals surface area contributed by atoms with Gasteiger partial charge < -0.3 is 10.2 Å². The van der Waals surface area contributed by atoms with E-state index in [-0.39, 0.29) is 17.9 Å². The third kappa shape index (κ3) is 6.22. The van der Waals surface area contributed by atoms with Crippen molar-refractivity contribution in [1.29, 1.82) is 0 Å². The van der Waals surface area contributed by atoms with Crippen molar-refractivity contribution in [1.82, 2.24) is 10.2 Å². The summed E-state index contributed by atoms with van der Waals surface area (Å²) in [6.45, 7) is 8.45. The topological polar surface area (TPSA) is 49.4 Å².